The molecule has 0 radical (unpaired) electrons. The molecule has 2 heterocycles. The first-order chi connectivity index (χ1) is 12.5. The van der Waals surface area contributed by atoms with Gasteiger partial charge in [0, 0.05) is 15.4 Å². The maximum Gasteiger partial charge on any atom is 0.313 e. The lowest BCUT2D eigenvalue weighted by Gasteiger charge is -2.07. The van der Waals surface area contributed by atoms with E-state index in [2.05, 4.69) is 10.6 Å². The number of aliphatic hydroxyl groups is 1. The monoisotopic (exact) mass is 386 g/mol. The van der Waals surface area contributed by atoms with Crippen LogP contribution in [0.5, 0.6) is 0 Å². The Bertz CT molecular complexity index is 886. The highest BCUT2D eigenvalue weighted by molar-refractivity contribution is 7.12. The van der Waals surface area contributed by atoms with Crippen LogP contribution in [-0.4, -0.2) is 16.9 Å². The Labute approximate surface area is 159 Å². The van der Waals surface area contributed by atoms with Crippen molar-refractivity contribution in [1.82, 2.24) is 5.32 Å². The molecule has 2 aromatic heterocycles. The molecule has 3 aromatic rings. The fraction of sp³-hybridized carbons (Fsp3) is 0.158. The van der Waals surface area contributed by atoms with Crippen LogP contribution in [0.25, 0.3) is 0 Å². The van der Waals surface area contributed by atoms with Crippen LogP contribution in [0.2, 0.25) is 0 Å². The van der Waals surface area contributed by atoms with Crippen molar-refractivity contribution in [3.05, 3.63) is 74.1 Å². The Balaban J connectivity index is 1.53. The number of hydrogen-bond acceptors (Lipinski definition) is 5. The number of rotatable bonds is 5. The number of aryl methyl sites for hydroxylation is 1. The van der Waals surface area contributed by atoms with Crippen LogP contribution in [0, 0.1) is 6.92 Å². The topological polar surface area (TPSA) is 78.4 Å². The van der Waals surface area contributed by atoms with Gasteiger partial charge in [0.05, 0.1) is 6.54 Å². The van der Waals surface area contributed by atoms with Gasteiger partial charge in [0.1, 0.15) is 6.10 Å². The Morgan fingerprint density at radius 3 is 2.54 bits per heavy atom. The Morgan fingerprint density at radius 2 is 1.85 bits per heavy atom. The van der Waals surface area contributed by atoms with Gasteiger partial charge < -0.3 is 15.7 Å². The van der Waals surface area contributed by atoms with Gasteiger partial charge in [0.2, 0.25) is 0 Å². The smallest absolute Gasteiger partial charge is 0.313 e. The highest BCUT2D eigenvalue weighted by Gasteiger charge is 2.16. The van der Waals surface area contributed by atoms with E-state index in [1.807, 2.05) is 48.0 Å². The number of thiophene rings is 2. The second-order valence-corrected chi connectivity index (χ2v) is 7.75. The van der Waals surface area contributed by atoms with Gasteiger partial charge in [-0.3, -0.25) is 9.59 Å². The van der Waals surface area contributed by atoms with E-state index in [4.69, 9.17) is 0 Å². The molecule has 0 saturated carbocycles. The van der Waals surface area contributed by atoms with Crippen molar-refractivity contribution in [1.29, 1.82) is 0 Å². The second kappa shape index (κ2) is 8.27. The Kier molecular flexibility index (Phi) is 5.82. The van der Waals surface area contributed by atoms with Crippen molar-refractivity contribution < 1.29 is 14.7 Å². The number of amides is 2. The number of hydrogen-bond donors (Lipinski definition) is 3. The van der Waals surface area contributed by atoms with Crippen LogP contribution in [0.1, 0.15) is 27.0 Å². The normalized spacial score (nSPS) is 11.8. The summed E-state index contributed by atoms with van der Waals surface area (Å²) < 4.78 is 0. The number of benzene rings is 1. The summed E-state index contributed by atoms with van der Waals surface area (Å²) in [6.07, 6.45) is -0.666. The summed E-state index contributed by atoms with van der Waals surface area (Å²) in [7, 11) is 0. The lowest BCUT2D eigenvalue weighted by Crippen LogP contribution is -2.34. The molecular formula is C19H18N2O3S2. The van der Waals surface area contributed by atoms with Gasteiger partial charge in [0.15, 0.2) is 0 Å². The van der Waals surface area contributed by atoms with E-state index in [1.165, 1.54) is 22.7 Å². The van der Waals surface area contributed by atoms with E-state index < -0.39 is 17.9 Å². The van der Waals surface area contributed by atoms with Gasteiger partial charge >= 0.3 is 11.8 Å². The molecule has 1 atom stereocenters. The molecule has 0 aliphatic carbocycles. The minimum Gasteiger partial charge on any atom is -0.383 e. The van der Waals surface area contributed by atoms with Gasteiger partial charge in [-0.15, -0.1) is 11.3 Å². The third-order valence-electron chi connectivity index (χ3n) is 3.75. The van der Waals surface area contributed by atoms with Crippen molar-refractivity contribution in [2.24, 2.45) is 0 Å². The average molecular weight is 386 g/mol. The Morgan fingerprint density at radius 1 is 1.08 bits per heavy atom. The summed E-state index contributed by atoms with van der Waals surface area (Å²) in [6.45, 7) is 2.18. The van der Waals surface area contributed by atoms with Gasteiger partial charge in [-0.05, 0) is 53.6 Å². The molecular weight excluding hydrogens is 368 g/mol. The molecule has 3 N–H and O–H groups in total. The van der Waals surface area contributed by atoms with E-state index >= 15 is 0 Å². The molecule has 0 spiro atoms. The highest BCUT2D eigenvalue weighted by Crippen LogP contribution is 2.29. The number of anilines is 1. The Hall–Kier alpha value is -2.48. The van der Waals surface area contributed by atoms with E-state index in [1.54, 1.807) is 12.1 Å². The quantitative estimate of drug-likeness (QED) is 0.588. The number of aliphatic hydroxyl groups excluding tert-OH is 1. The first-order valence-electron chi connectivity index (χ1n) is 7.97. The summed E-state index contributed by atoms with van der Waals surface area (Å²) in [5.74, 6) is -1.40. The summed E-state index contributed by atoms with van der Waals surface area (Å²) in [5.41, 5.74) is 2.50. The zero-order chi connectivity index (χ0) is 18.5. The zero-order valence-corrected chi connectivity index (χ0v) is 15.7. The lowest BCUT2D eigenvalue weighted by atomic mass is 10.2. The van der Waals surface area contributed by atoms with E-state index in [0.29, 0.717) is 5.69 Å². The second-order valence-electron chi connectivity index (χ2n) is 5.77. The third-order valence-corrected chi connectivity index (χ3v) is 5.59. The van der Waals surface area contributed by atoms with Crippen molar-refractivity contribution in [3.63, 3.8) is 0 Å². The van der Waals surface area contributed by atoms with Gasteiger partial charge in [-0.2, -0.15) is 11.3 Å². The largest absolute Gasteiger partial charge is 0.383 e. The maximum absolute atomic E-state index is 11.9. The van der Waals surface area contributed by atoms with Gasteiger partial charge in [-0.25, -0.2) is 0 Å². The summed E-state index contributed by atoms with van der Waals surface area (Å²) in [5, 5.41) is 19.3. The van der Waals surface area contributed by atoms with Crippen molar-refractivity contribution >= 4 is 40.2 Å². The van der Waals surface area contributed by atoms with Crippen LogP contribution in [0.3, 0.4) is 0 Å². The van der Waals surface area contributed by atoms with Crippen LogP contribution in [0.4, 0.5) is 5.69 Å². The lowest BCUT2D eigenvalue weighted by molar-refractivity contribution is -0.136. The summed E-state index contributed by atoms with van der Waals surface area (Å²) >= 11 is 2.94. The molecule has 3 rings (SSSR count). The number of nitrogens with one attached hydrogen (secondary N) is 2. The fourth-order valence-electron chi connectivity index (χ4n) is 2.30. The molecule has 1 aromatic carbocycles. The highest BCUT2D eigenvalue weighted by atomic mass is 32.1. The zero-order valence-electron chi connectivity index (χ0n) is 14.1. The predicted octanol–water partition coefficient (Wildman–Crippen LogP) is 3.45. The molecule has 134 valence electrons. The minimum absolute atomic E-state index is 0.237. The molecule has 2 amide bonds. The van der Waals surface area contributed by atoms with Crippen molar-refractivity contribution in [3.8, 4) is 0 Å². The molecule has 26 heavy (non-hydrogen) atoms. The van der Waals surface area contributed by atoms with E-state index in [9.17, 15) is 14.7 Å². The molecule has 0 saturated heterocycles. The van der Waals surface area contributed by atoms with Crippen LogP contribution in [-0.2, 0) is 16.1 Å². The van der Waals surface area contributed by atoms with E-state index in [-0.39, 0.29) is 6.54 Å². The third kappa shape index (κ3) is 4.57. The average Bonchev–Trinajstić information content (AvgIpc) is 3.33. The maximum atomic E-state index is 11.9. The summed E-state index contributed by atoms with van der Waals surface area (Å²) in [4.78, 5) is 25.5. The van der Waals surface area contributed by atoms with Crippen LogP contribution < -0.4 is 10.6 Å². The molecule has 7 heteroatoms. The predicted molar refractivity (Wildman–Crippen MR) is 104 cm³/mol. The van der Waals surface area contributed by atoms with E-state index in [0.717, 1.165) is 20.9 Å². The standard InChI is InChI=1S/C19H18N2O3S2/c1-12-2-4-14(5-3-12)21-19(24)18(23)20-10-15-6-7-16(26-15)17(22)13-8-9-25-11-13/h2-9,11,17,22H,10H2,1H3,(H,20,23)(H,21,24). The molecule has 0 aliphatic rings. The van der Waals surface area contributed by atoms with Crippen LogP contribution in [0.15, 0.2) is 53.2 Å². The SMILES string of the molecule is Cc1ccc(NC(=O)C(=O)NCc2ccc(C(O)c3ccsc3)s2)cc1. The van der Waals surface area contributed by atoms with Gasteiger partial charge in [0.25, 0.3) is 0 Å². The molecule has 0 aliphatic heterocycles. The fourth-order valence-corrected chi connectivity index (χ4v) is 3.95. The molecule has 5 nitrogen and oxygen atoms in total. The van der Waals surface area contributed by atoms with Crippen molar-refractivity contribution in [2.75, 3.05) is 5.32 Å². The molecule has 0 bridgehead atoms. The number of carbonyl (C=O) groups excluding carboxylic acids is 2. The minimum atomic E-state index is -0.705. The van der Waals surface area contributed by atoms with Gasteiger partial charge in [-0.1, -0.05) is 17.7 Å². The first kappa shape index (κ1) is 18.3. The van der Waals surface area contributed by atoms with Crippen LogP contribution >= 0.6 is 22.7 Å². The molecule has 0 fully saturated rings. The van der Waals surface area contributed by atoms with Crippen molar-refractivity contribution in [2.45, 2.75) is 19.6 Å². The first-order valence-corrected chi connectivity index (χ1v) is 9.73. The summed E-state index contributed by atoms with van der Waals surface area (Å²) in [6, 6.07) is 12.8. The number of carbonyl (C=O) groups is 2. The molecule has 1 unspecified atom stereocenters.